The molecule has 4 aliphatic rings. The monoisotopic (exact) mass is 513 g/mol. The Bertz CT molecular complexity index is 1170. The number of aliphatic hydroxyl groups is 1. The van der Waals surface area contributed by atoms with Crippen molar-refractivity contribution < 1.29 is 33.4 Å². The summed E-state index contributed by atoms with van der Waals surface area (Å²) in [5, 5.41) is 15.1. The highest BCUT2D eigenvalue weighted by atomic mass is 16.6. The van der Waals surface area contributed by atoms with Crippen molar-refractivity contribution in [3.63, 3.8) is 0 Å². The molecule has 10 nitrogen and oxygen atoms in total. The Hall–Kier alpha value is -2.95. The van der Waals surface area contributed by atoms with Gasteiger partial charge < -0.3 is 35.0 Å². The summed E-state index contributed by atoms with van der Waals surface area (Å²) in [6.45, 7) is 7.51. The smallest absolute Gasteiger partial charge is 0.415 e. The molecular formula is C27H37N4O6+. The average Bonchev–Trinajstić information content (AvgIpc) is 3.21. The first kappa shape index (κ1) is 25.7. The van der Waals surface area contributed by atoms with Gasteiger partial charge in [0.25, 0.3) is 0 Å². The first-order valence-electron chi connectivity index (χ1n) is 13.0. The molecule has 1 aromatic carbocycles. The number of rotatable bonds is 7. The number of likely N-dealkylation sites (N-methyl/N-ethyl adjacent to an activating group) is 2. The minimum absolute atomic E-state index is 0.0217. The Morgan fingerprint density at radius 2 is 2.19 bits per heavy atom. The zero-order chi connectivity index (χ0) is 26.8. The van der Waals surface area contributed by atoms with Gasteiger partial charge in [-0.25, -0.2) is 4.79 Å². The van der Waals surface area contributed by atoms with Gasteiger partial charge in [0.15, 0.2) is 23.4 Å². The molecule has 2 bridgehead atoms. The van der Waals surface area contributed by atoms with E-state index in [9.17, 15) is 19.5 Å². The van der Waals surface area contributed by atoms with Crippen molar-refractivity contribution in [1.82, 2.24) is 10.2 Å². The van der Waals surface area contributed by atoms with Crippen LogP contribution in [0.15, 0.2) is 24.8 Å². The number of likely N-dealkylation sites (tertiary alicyclic amines) is 1. The maximum Gasteiger partial charge on any atom is 0.415 e. The van der Waals surface area contributed by atoms with Gasteiger partial charge in [0, 0.05) is 45.0 Å². The Kier molecular flexibility index (Phi) is 6.12. The molecule has 200 valence electrons. The number of nitrogens with one attached hydrogen (secondary N) is 1. The fourth-order valence-corrected chi connectivity index (χ4v) is 7.18. The molecule has 1 saturated carbocycles. The van der Waals surface area contributed by atoms with E-state index in [2.05, 4.69) is 18.9 Å². The molecule has 2 aliphatic carbocycles. The normalized spacial score (nSPS) is 33.6. The second kappa shape index (κ2) is 8.82. The van der Waals surface area contributed by atoms with E-state index >= 15 is 0 Å². The Morgan fingerprint density at radius 3 is 2.89 bits per heavy atom. The molecule has 2 aliphatic heterocycles. The summed E-state index contributed by atoms with van der Waals surface area (Å²) in [4.78, 5) is 39.1. The van der Waals surface area contributed by atoms with Crippen LogP contribution < -0.4 is 20.5 Å². The third-order valence-corrected chi connectivity index (χ3v) is 9.10. The molecular weight excluding hydrogens is 476 g/mol. The van der Waals surface area contributed by atoms with E-state index < -0.39 is 29.3 Å². The highest BCUT2D eigenvalue weighted by Gasteiger charge is 2.76. The highest BCUT2D eigenvalue weighted by molar-refractivity contribution is 5.90. The summed E-state index contributed by atoms with van der Waals surface area (Å²) in [5.41, 5.74) is 5.44. The number of piperidine rings is 1. The van der Waals surface area contributed by atoms with Gasteiger partial charge in [-0.05, 0) is 31.1 Å². The minimum Gasteiger partial charge on any atom is -0.477 e. The topological polar surface area (TPSA) is 131 Å². The molecule has 4 N–H and O–H groups in total. The van der Waals surface area contributed by atoms with Crippen molar-refractivity contribution in [2.75, 3.05) is 40.3 Å². The molecule has 2 amide bonds. The first-order valence-corrected chi connectivity index (χ1v) is 13.0. The number of nitrogens with zero attached hydrogens (tertiary/aromatic N) is 2. The van der Waals surface area contributed by atoms with E-state index in [-0.39, 0.29) is 43.0 Å². The molecule has 5 rings (SSSR count). The van der Waals surface area contributed by atoms with Gasteiger partial charge in [-0.15, -0.1) is 0 Å². The zero-order valence-electron chi connectivity index (χ0n) is 21.8. The third kappa shape index (κ3) is 3.60. The molecule has 6 atom stereocenters. The molecule has 10 heteroatoms. The number of ketones is 1. The Morgan fingerprint density at radius 1 is 1.43 bits per heavy atom. The van der Waals surface area contributed by atoms with Gasteiger partial charge in [0.05, 0.1) is 31.6 Å². The Labute approximate surface area is 217 Å². The van der Waals surface area contributed by atoms with Gasteiger partial charge in [-0.1, -0.05) is 12.6 Å². The van der Waals surface area contributed by atoms with E-state index in [4.69, 9.17) is 15.2 Å². The van der Waals surface area contributed by atoms with Crippen molar-refractivity contribution >= 4 is 17.8 Å². The summed E-state index contributed by atoms with van der Waals surface area (Å²) in [7, 11) is 3.73. The minimum atomic E-state index is -1.11. The number of nitrogens with two attached hydrogens (primary N) is 1. The average molecular weight is 514 g/mol. The molecule has 0 aromatic heterocycles. The van der Waals surface area contributed by atoms with E-state index in [1.54, 1.807) is 20.0 Å². The fourth-order valence-electron chi connectivity index (χ4n) is 7.18. The van der Waals surface area contributed by atoms with Gasteiger partial charge in [0.2, 0.25) is 5.91 Å². The number of ether oxygens (including phenoxy) is 2. The molecule has 0 radical (unpaired) electrons. The lowest BCUT2D eigenvalue weighted by atomic mass is 9.48. The summed E-state index contributed by atoms with van der Waals surface area (Å²) in [6, 6.07) is 2.93. The van der Waals surface area contributed by atoms with Crippen molar-refractivity contribution in [3.05, 3.63) is 35.9 Å². The van der Waals surface area contributed by atoms with Crippen LogP contribution in [-0.4, -0.2) is 96.3 Å². The summed E-state index contributed by atoms with van der Waals surface area (Å²) in [5.74, 6) is 0.306. The molecule has 2 heterocycles. The lowest BCUT2D eigenvalue weighted by Crippen LogP contribution is -2.80. The number of Topliss-reactive ketones (excluding diaryl/α,β-unsaturated/α-hetero) is 1. The standard InChI is InChI=1S/C27H36N4O6/c1-5-13-31(4)14-10-26-21-17-6-7-19(36-25(34)30(3)12-11-29-24(33)16(2)28)22(21)37-23(26)18(32)8-9-27(26,35)20(31)15-17/h5-7,16,20,23,35H,1,8-15,28H2,2-4H3/p+1/t16-,20-,23-,26-,27+,31+/m0/s1. The maximum atomic E-state index is 13.2. The highest BCUT2D eigenvalue weighted by Crippen LogP contribution is 2.65. The maximum absolute atomic E-state index is 13.2. The lowest BCUT2D eigenvalue weighted by molar-refractivity contribution is -0.944. The molecule has 1 aromatic rings. The number of hydrogen-bond donors (Lipinski definition) is 3. The van der Waals surface area contributed by atoms with Gasteiger partial charge in [0.1, 0.15) is 11.6 Å². The first-order chi connectivity index (χ1) is 17.5. The molecule has 37 heavy (non-hydrogen) atoms. The van der Waals surface area contributed by atoms with Gasteiger partial charge in [-0.2, -0.15) is 0 Å². The molecule has 2 fully saturated rings. The van der Waals surface area contributed by atoms with E-state index in [1.807, 2.05) is 12.1 Å². The van der Waals surface area contributed by atoms with Crippen LogP contribution in [-0.2, 0) is 21.4 Å². The lowest BCUT2D eigenvalue weighted by Gasteiger charge is -2.64. The van der Waals surface area contributed by atoms with Crippen molar-refractivity contribution in [3.8, 4) is 11.5 Å². The van der Waals surface area contributed by atoms with Crippen LogP contribution in [0.25, 0.3) is 0 Å². The summed E-state index contributed by atoms with van der Waals surface area (Å²) >= 11 is 0. The molecule has 1 spiro atoms. The number of carbonyl (C=O) groups is 3. The summed E-state index contributed by atoms with van der Waals surface area (Å²) in [6.07, 6.45) is 2.37. The number of benzene rings is 1. The molecule has 1 saturated heterocycles. The Balaban J connectivity index is 1.46. The van der Waals surface area contributed by atoms with Crippen molar-refractivity contribution in [2.24, 2.45) is 5.73 Å². The van der Waals surface area contributed by atoms with Crippen LogP contribution in [0.3, 0.4) is 0 Å². The van der Waals surface area contributed by atoms with E-state index in [0.717, 1.165) is 24.2 Å². The fraction of sp³-hybridized carbons (Fsp3) is 0.593. The van der Waals surface area contributed by atoms with Gasteiger partial charge >= 0.3 is 6.09 Å². The van der Waals surface area contributed by atoms with E-state index in [1.165, 1.54) is 4.90 Å². The zero-order valence-corrected chi connectivity index (χ0v) is 21.8. The van der Waals surface area contributed by atoms with Crippen LogP contribution in [0, 0.1) is 0 Å². The van der Waals surface area contributed by atoms with Crippen molar-refractivity contribution in [2.45, 2.75) is 61.8 Å². The van der Waals surface area contributed by atoms with Crippen LogP contribution >= 0.6 is 0 Å². The largest absolute Gasteiger partial charge is 0.477 e. The van der Waals surface area contributed by atoms with Crippen molar-refractivity contribution in [1.29, 1.82) is 0 Å². The SMILES string of the molecule is C=CC[N@+]1(C)CC[C@]23c4c5ccc(OC(=O)N(C)CCNC(=O)[C@H](C)N)c4O[C@H]2C(=O)CC[C@@]3(O)[C@@H]1C5. The number of carbonyl (C=O) groups excluding carboxylic acids is 3. The van der Waals surface area contributed by atoms with Crippen LogP contribution in [0.5, 0.6) is 11.5 Å². The van der Waals surface area contributed by atoms with Crippen LogP contribution in [0.2, 0.25) is 0 Å². The van der Waals surface area contributed by atoms with Crippen LogP contribution in [0.1, 0.15) is 37.3 Å². The second-order valence-corrected chi connectivity index (χ2v) is 11.3. The predicted molar refractivity (Wildman–Crippen MR) is 135 cm³/mol. The second-order valence-electron chi connectivity index (χ2n) is 11.3. The summed E-state index contributed by atoms with van der Waals surface area (Å²) < 4.78 is 12.7. The predicted octanol–water partition coefficient (Wildman–Crippen LogP) is 0.634. The number of quaternary nitrogens is 1. The number of hydrogen-bond acceptors (Lipinski definition) is 7. The quantitative estimate of drug-likeness (QED) is 0.360. The van der Waals surface area contributed by atoms with E-state index in [0.29, 0.717) is 29.5 Å². The third-order valence-electron chi connectivity index (χ3n) is 9.10. The molecule has 0 unspecified atom stereocenters. The van der Waals surface area contributed by atoms with Gasteiger partial charge in [-0.3, -0.25) is 9.59 Å². The number of amides is 2. The van der Waals surface area contributed by atoms with Crippen LogP contribution in [0.4, 0.5) is 4.79 Å².